The molecular weight excluding hydrogens is 258 g/mol. The van der Waals surface area contributed by atoms with E-state index in [1.807, 2.05) is 66.7 Å². The van der Waals surface area contributed by atoms with Gasteiger partial charge in [0.15, 0.2) is 5.78 Å². The molecule has 1 unspecified atom stereocenters. The fourth-order valence-corrected chi connectivity index (χ4v) is 2.13. The molecule has 0 aliphatic carbocycles. The number of carbonyl (C=O) groups is 1. The number of benzene rings is 2. The largest absolute Gasteiger partial charge is 0.371 e. The number of hydrogen-bond acceptors (Lipinski definition) is 2. The second kappa shape index (κ2) is 8.05. The first-order chi connectivity index (χ1) is 10.3. The summed E-state index contributed by atoms with van der Waals surface area (Å²) in [7, 11) is 0. The van der Waals surface area contributed by atoms with E-state index in [1.54, 1.807) is 6.08 Å². The van der Waals surface area contributed by atoms with Crippen LogP contribution in [0.2, 0.25) is 0 Å². The number of anilines is 1. The second-order valence-electron chi connectivity index (χ2n) is 4.95. The molecule has 21 heavy (non-hydrogen) atoms. The predicted octanol–water partition coefficient (Wildman–Crippen LogP) is 4.77. The van der Waals surface area contributed by atoms with Gasteiger partial charge in [-0.15, -0.1) is 0 Å². The molecule has 108 valence electrons. The van der Waals surface area contributed by atoms with Crippen molar-refractivity contribution < 1.29 is 4.79 Å². The van der Waals surface area contributed by atoms with E-state index in [9.17, 15) is 4.79 Å². The van der Waals surface area contributed by atoms with Gasteiger partial charge in [-0.25, -0.2) is 0 Å². The Bertz CT molecular complexity index is 575. The van der Waals surface area contributed by atoms with E-state index in [4.69, 9.17) is 0 Å². The van der Waals surface area contributed by atoms with Gasteiger partial charge in [-0.3, -0.25) is 4.79 Å². The highest BCUT2D eigenvalue weighted by molar-refractivity contribution is 5.96. The molecule has 1 N–H and O–H groups in total. The molecule has 0 aliphatic heterocycles. The molecule has 0 radical (unpaired) electrons. The molecular formula is C19H21NO. The van der Waals surface area contributed by atoms with Crippen molar-refractivity contribution >= 4 is 11.5 Å². The van der Waals surface area contributed by atoms with E-state index < -0.39 is 0 Å². The van der Waals surface area contributed by atoms with Crippen molar-refractivity contribution in [2.45, 2.75) is 25.8 Å². The van der Waals surface area contributed by atoms with Gasteiger partial charge in [-0.1, -0.05) is 68.0 Å². The number of carbonyl (C=O) groups excluding carboxylic acids is 1. The van der Waals surface area contributed by atoms with Crippen molar-refractivity contribution in [3.63, 3.8) is 0 Å². The third-order valence-electron chi connectivity index (χ3n) is 3.24. The van der Waals surface area contributed by atoms with Crippen LogP contribution in [0.3, 0.4) is 0 Å². The number of para-hydroxylation sites is 1. The summed E-state index contributed by atoms with van der Waals surface area (Å²) in [5, 5.41) is 3.32. The van der Waals surface area contributed by atoms with Crippen LogP contribution in [-0.4, -0.2) is 5.78 Å². The predicted molar refractivity (Wildman–Crippen MR) is 88.3 cm³/mol. The van der Waals surface area contributed by atoms with Crippen LogP contribution in [0.15, 0.2) is 72.8 Å². The lowest BCUT2D eigenvalue weighted by Gasteiger charge is -2.18. The summed E-state index contributed by atoms with van der Waals surface area (Å²) in [6.07, 6.45) is 5.62. The molecule has 0 fully saturated rings. The Morgan fingerprint density at radius 1 is 1.05 bits per heavy atom. The van der Waals surface area contributed by atoms with Crippen LogP contribution >= 0.6 is 0 Å². The minimum atomic E-state index is -0.346. The highest BCUT2D eigenvalue weighted by Crippen LogP contribution is 2.21. The average Bonchev–Trinajstić information content (AvgIpc) is 2.54. The number of unbranched alkanes of at least 4 members (excludes halogenated alkanes) is 1. The quantitative estimate of drug-likeness (QED) is 0.740. The van der Waals surface area contributed by atoms with E-state index in [0.29, 0.717) is 0 Å². The first kappa shape index (κ1) is 15.0. The molecule has 2 aromatic rings. The summed E-state index contributed by atoms with van der Waals surface area (Å²) in [4.78, 5) is 12.5. The fraction of sp³-hybridized carbons (Fsp3) is 0.211. The van der Waals surface area contributed by atoms with Gasteiger partial charge < -0.3 is 5.32 Å². The van der Waals surface area contributed by atoms with Crippen molar-refractivity contribution in [1.29, 1.82) is 0 Å². The van der Waals surface area contributed by atoms with Crippen LogP contribution in [-0.2, 0) is 4.79 Å². The Labute approximate surface area is 126 Å². The molecule has 0 amide bonds. The van der Waals surface area contributed by atoms with Gasteiger partial charge >= 0.3 is 0 Å². The average molecular weight is 279 g/mol. The molecule has 0 saturated heterocycles. The topological polar surface area (TPSA) is 29.1 Å². The molecule has 0 heterocycles. The lowest BCUT2D eigenvalue weighted by Crippen LogP contribution is -2.19. The lowest BCUT2D eigenvalue weighted by atomic mass is 10.0. The maximum absolute atomic E-state index is 12.5. The number of rotatable bonds is 7. The van der Waals surface area contributed by atoms with Gasteiger partial charge in [0.1, 0.15) is 6.04 Å². The third-order valence-corrected chi connectivity index (χ3v) is 3.24. The van der Waals surface area contributed by atoms with Crippen molar-refractivity contribution in [3.05, 3.63) is 78.4 Å². The van der Waals surface area contributed by atoms with Crippen molar-refractivity contribution in [1.82, 2.24) is 0 Å². The van der Waals surface area contributed by atoms with Crippen LogP contribution in [0, 0.1) is 0 Å². The molecule has 0 spiro atoms. The minimum Gasteiger partial charge on any atom is -0.371 e. The maximum Gasteiger partial charge on any atom is 0.182 e. The zero-order valence-corrected chi connectivity index (χ0v) is 12.3. The molecule has 0 saturated carbocycles. The van der Waals surface area contributed by atoms with Gasteiger partial charge in [0.05, 0.1) is 0 Å². The summed E-state index contributed by atoms with van der Waals surface area (Å²) >= 11 is 0. The fourth-order valence-electron chi connectivity index (χ4n) is 2.13. The van der Waals surface area contributed by atoms with Gasteiger partial charge in [0, 0.05) is 5.69 Å². The molecule has 2 rings (SSSR count). The Balaban J connectivity index is 2.20. The minimum absolute atomic E-state index is 0.0819. The van der Waals surface area contributed by atoms with Crippen molar-refractivity contribution in [2.24, 2.45) is 0 Å². The lowest BCUT2D eigenvalue weighted by molar-refractivity contribution is -0.115. The zero-order chi connectivity index (χ0) is 14.9. The first-order valence-electron chi connectivity index (χ1n) is 7.38. The van der Waals surface area contributed by atoms with Crippen LogP contribution in [0.25, 0.3) is 0 Å². The van der Waals surface area contributed by atoms with Crippen molar-refractivity contribution in [3.8, 4) is 0 Å². The molecule has 0 aliphatic rings. The van der Waals surface area contributed by atoms with Crippen molar-refractivity contribution in [2.75, 3.05) is 5.32 Å². The third kappa shape index (κ3) is 4.60. The van der Waals surface area contributed by atoms with E-state index in [0.717, 1.165) is 24.1 Å². The van der Waals surface area contributed by atoms with Crippen LogP contribution in [0.4, 0.5) is 5.69 Å². The monoisotopic (exact) mass is 279 g/mol. The Morgan fingerprint density at radius 3 is 2.29 bits per heavy atom. The molecule has 2 nitrogen and oxygen atoms in total. The maximum atomic E-state index is 12.5. The molecule has 0 aromatic heterocycles. The van der Waals surface area contributed by atoms with Gasteiger partial charge in [-0.05, 0) is 30.2 Å². The highest BCUT2D eigenvalue weighted by Gasteiger charge is 2.17. The number of nitrogens with one attached hydrogen (secondary N) is 1. The Hall–Kier alpha value is -2.35. The van der Waals surface area contributed by atoms with E-state index >= 15 is 0 Å². The number of allylic oxidation sites excluding steroid dienone is 1. The smallest absolute Gasteiger partial charge is 0.182 e. The molecule has 1 atom stereocenters. The van der Waals surface area contributed by atoms with Gasteiger partial charge in [-0.2, -0.15) is 0 Å². The molecule has 2 aromatic carbocycles. The molecule has 2 heteroatoms. The summed E-state index contributed by atoms with van der Waals surface area (Å²) in [5.41, 5.74) is 1.93. The summed E-state index contributed by atoms with van der Waals surface area (Å²) in [5.74, 6) is 0.0819. The van der Waals surface area contributed by atoms with Gasteiger partial charge in [0.25, 0.3) is 0 Å². The van der Waals surface area contributed by atoms with E-state index in [-0.39, 0.29) is 11.8 Å². The first-order valence-corrected chi connectivity index (χ1v) is 7.38. The Morgan fingerprint density at radius 2 is 1.67 bits per heavy atom. The SMILES string of the molecule is CCCC=CC(=O)C(Nc1ccccc1)c1ccccc1. The van der Waals surface area contributed by atoms with Crippen LogP contribution in [0.5, 0.6) is 0 Å². The molecule has 0 bridgehead atoms. The van der Waals surface area contributed by atoms with Gasteiger partial charge in [0.2, 0.25) is 0 Å². The summed E-state index contributed by atoms with van der Waals surface area (Å²) < 4.78 is 0. The summed E-state index contributed by atoms with van der Waals surface area (Å²) in [6, 6.07) is 19.3. The van der Waals surface area contributed by atoms with Crippen LogP contribution in [0.1, 0.15) is 31.4 Å². The summed E-state index contributed by atoms with van der Waals surface area (Å²) in [6.45, 7) is 2.10. The van der Waals surface area contributed by atoms with E-state index in [1.165, 1.54) is 0 Å². The highest BCUT2D eigenvalue weighted by atomic mass is 16.1. The number of ketones is 1. The normalized spacial score (nSPS) is 12.2. The zero-order valence-electron chi connectivity index (χ0n) is 12.3. The number of hydrogen-bond donors (Lipinski definition) is 1. The standard InChI is InChI=1S/C19H21NO/c1-2-3-6-15-18(21)19(16-11-7-4-8-12-16)20-17-13-9-5-10-14-17/h4-15,19-20H,2-3H2,1H3. The second-order valence-corrected chi connectivity index (χ2v) is 4.95. The van der Waals surface area contributed by atoms with Crippen LogP contribution < -0.4 is 5.32 Å². The Kier molecular flexibility index (Phi) is 5.77. The van der Waals surface area contributed by atoms with E-state index in [2.05, 4.69) is 12.2 Å².